The predicted molar refractivity (Wildman–Crippen MR) is 104 cm³/mol. The third-order valence-corrected chi connectivity index (χ3v) is 4.65. The topological polar surface area (TPSA) is 57.8 Å². The summed E-state index contributed by atoms with van der Waals surface area (Å²) < 4.78 is 0. The molecular weight excluding hydrogens is 322 g/mol. The monoisotopic (exact) mass is 341 g/mol. The van der Waals surface area contributed by atoms with Crippen molar-refractivity contribution in [3.8, 4) is 0 Å². The summed E-state index contributed by atoms with van der Waals surface area (Å²) >= 11 is 0. The van der Waals surface area contributed by atoms with Gasteiger partial charge in [0.05, 0.1) is 12.0 Å². The Morgan fingerprint density at radius 3 is 2.42 bits per heavy atom. The van der Waals surface area contributed by atoms with Gasteiger partial charge in [-0.2, -0.15) is 0 Å². The average molecular weight is 341 g/mol. The number of hydrogen-bond donors (Lipinski definition) is 2. The number of anilines is 1. The second-order valence-corrected chi connectivity index (χ2v) is 6.22. The summed E-state index contributed by atoms with van der Waals surface area (Å²) in [5, 5.41) is 4.59. The van der Waals surface area contributed by atoms with Crippen LogP contribution in [-0.2, 0) is 4.79 Å². The second-order valence-electron chi connectivity index (χ2n) is 6.22. The lowest BCUT2D eigenvalue weighted by Gasteiger charge is -2.26. The third-order valence-electron chi connectivity index (χ3n) is 4.65. The zero-order valence-corrected chi connectivity index (χ0v) is 14.2. The fraction of sp³-hybridized carbons (Fsp3) is 0.0909. The van der Waals surface area contributed by atoms with E-state index < -0.39 is 0 Å². The summed E-state index contributed by atoms with van der Waals surface area (Å²) in [6, 6.07) is 21.7. The van der Waals surface area contributed by atoms with Gasteiger partial charge < -0.3 is 15.1 Å². The molecule has 0 aliphatic rings. The first kappa shape index (κ1) is 16.1. The van der Waals surface area contributed by atoms with Gasteiger partial charge in [-0.3, -0.25) is 4.98 Å². The maximum Gasteiger partial charge on any atom is 0.129 e. The van der Waals surface area contributed by atoms with Crippen molar-refractivity contribution in [2.24, 2.45) is 0 Å². The molecule has 4 heteroatoms. The first-order chi connectivity index (χ1) is 12.9. The molecule has 4 aromatic rings. The second kappa shape index (κ2) is 7.23. The quantitative estimate of drug-likeness (QED) is 0.500. The fourth-order valence-corrected chi connectivity index (χ4v) is 3.37. The zero-order valence-electron chi connectivity index (χ0n) is 14.2. The molecule has 0 spiro atoms. The predicted octanol–water partition coefficient (Wildman–Crippen LogP) is 4.70. The molecule has 4 rings (SSSR count). The molecule has 128 valence electrons. The largest absolute Gasteiger partial charge is 0.377 e. The molecule has 0 saturated carbocycles. The van der Waals surface area contributed by atoms with Crippen LogP contribution < -0.4 is 5.32 Å². The first-order valence-electron chi connectivity index (χ1n) is 8.59. The molecule has 2 heterocycles. The number of para-hydroxylation sites is 1. The Bertz CT molecular complexity index is 996. The van der Waals surface area contributed by atoms with Gasteiger partial charge in [0.1, 0.15) is 6.29 Å². The van der Waals surface area contributed by atoms with Gasteiger partial charge in [0.15, 0.2) is 0 Å². The van der Waals surface area contributed by atoms with Gasteiger partial charge in [0.2, 0.25) is 0 Å². The van der Waals surface area contributed by atoms with Gasteiger partial charge in [-0.15, -0.1) is 0 Å². The number of nitrogens with one attached hydrogen (secondary N) is 2. The lowest BCUT2D eigenvalue weighted by Crippen LogP contribution is -2.20. The SMILES string of the molecule is O=CC(c1c[nH]c2ccccc12)C(Nc1ccncc1)c1ccccc1. The molecule has 0 bridgehead atoms. The van der Waals surface area contributed by atoms with E-state index in [0.717, 1.165) is 34.0 Å². The minimum atomic E-state index is -0.332. The smallest absolute Gasteiger partial charge is 0.129 e. The minimum absolute atomic E-state index is 0.185. The van der Waals surface area contributed by atoms with Crippen molar-refractivity contribution in [2.45, 2.75) is 12.0 Å². The highest BCUT2D eigenvalue weighted by Crippen LogP contribution is 2.36. The Morgan fingerprint density at radius 2 is 1.65 bits per heavy atom. The van der Waals surface area contributed by atoms with Gasteiger partial charge in [-0.25, -0.2) is 0 Å². The number of aldehydes is 1. The lowest BCUT2D eigenvalue weighted by atomic mass is 9.87. The van der Waals surface area contributed by atoms with E-state index >= 15 is 0 Å². The Labute approximate surface area is 151 Å². The lowest BCUT2D eigenvalue weighted by molar-refractivity contribution is -0.109. The zero-order chi connectivity index (χ0) is 17.8. The van der Waals surface area contributed by atoms with Gasteiger partial charge in [-0.05, 0) is 29.3 Å². The highest BCUT2D eigenvalue weighted by atomic mass is 16.1. The van der Waals surface area contributed by atoms with Crippen LogP contribution in [0.1, 0.15) is 23.1 Å². The van der Waals surface area contributed by atoms with Crippen molar-refractivity contribution >= 4 is 22.9 Å². The molecule has 2 atom stereocenters. The number of aromatic nitrogens is 2. The molecule has 0 aliphatic heterocycles. The summed E-state index contributed by atoms with van der Waals surface area (Å²) in [6.45, 7) is 0. The molecule has 0 radical (unpaired) electrons. The van der Waals surface area contributed by atoms with Crippen LogP contribution in [-0.4, -0.2) is 16.3 Å². The van der Waals surface area contributed by atoms with Crippen molar-refractivity contribution in [3.63, 3.8) is 0 Å². The molecular formula is C22H19N3O. The van der Waals surface area contributed by atoms with Gasteiger partial charge in [0.25, 0.3) is 0 Å². The molecule has 2 aromatic heterocycles. The van der Waals surface area contributed by atoms with Crippen LogP contribution in [0.5, 0.6) is 0 Å². The van der Waals surface area contributed by atoms with Gasteiger partial charge in [-0.1, -0.05) is 48.5 Å². The summed E-state index contributed by atoms with van der Waals surface area (Å²) in [7, 11) is 0. The van der Waals surface area contributed by atoms with Crippen LogP contribution in [0.2, 0.25) is 0 Å². The molecule has 2 unspecified atom stereocenters. The van der Waals surface area contributed by atoms with E-state index in [2.05, 4.69) is 15.3 Å². The van der Waals surface area contributed by atoms with Crippen LogP contribution in [0.25, 0.3) is 10.9 Å². The van der Waals surface area contributed by atoms with E-state index in [-0.39, 0.29) is 12.0 Å². The number of H-pyrrole nitrogens is 1. The van der Waals surface area contributed by atoms with Crippen molar-refractivity contribution in [1.29, 1.82) is 0 Å². The van der Waals surface area contributed by atoms with Crippen molar-refractivity contribution in [1.82, 2.24) is 9.97 Å². The number of carbonyl (C=O) groups is 1. The molecule has 0 amide bonds. The number of rotatable bonds is 6. The number of pyridine rings is 1. The molecule has 0 fully saturated rings. The summed E-state index contributed by atoms with van der Waals surface area (Å²) in [4.78, 5) is 19.5. The van der Waals surface area contributed by atoms with Crippen molar-refractivity contribution in [2.75, 3.05) is 5.32 Å². The van der Waals surface area contributed by atoms with E-state index in [1.165, 1.54) is 0 Å². The summed E-state index contributed by atoms with van der Waals surface area (Å²) in [6.07, 6.45) is 6.45. The number of aromatic amines is 1. The van der Waals surface area contributed by atoms with Crippen LogP contribution in [0.4, 0.5) is 5.69 Å². The van der Waals surface area contributed by atoms with Crippen molar-refractivity contribution in [3.05, 3.63) is 96.4 Å². The Hall–Kier alpha value is -3.40. The Kier molecular flexibility index (Phi) is 4.48. The Balaban J connectivity index is 1.79. The highest BCUT2D eigenvalue weighted by Gasteiger charge is 2.26. The molecule has 26 heavy (non-hydrogen) atoms. The summed E-state index contributed by atoms with van der Waals surface area (Å²) in [5.41, 5.74) is 4.02. The number of hydrogen-bond acceptors (Lipinski definition) is 3. The summed E-state index contributed by atoms with van der Waals surface area (Å²) in [5.74, 6) is -0.332. The van der Waals surface area contributed by atoms with Crippen LogP contribution >= 0.6 is 0 Å². The molecule has 0 aliphatic carbocycles. The molecule has 2 N–H and O–H groups in total. The molecule has 4 nitrogen and oxygen atoms in total. The fourth-order valence-electron chi connectivity index (χ4n) is 3.37. The number of carbonyl (C=O) groups excluding carboxylic acids is 1. The number of fused-ring (bicyclic) bond motifs is 1. The normalized spacial score (nSPS) is 13.2. The van der Waals surface area contributed by atoms with E-state index in [4.69, 9.17) is 0 Å². The van der Waals surface area contributed by atoms with E-state index in [1.54, 1.807) is 12.4 Å². The third kappa shape index (κ3) is 3.09. The maximum atomic E-state index is 12.2. The average Bonchev–Trinajstić information content (AvgIpc) is 3.13. The molecule has 2 aromatic carbocycles. The number of benzene rings is 2. The Morgan fingerprint density at radius 1 is 0.923 bits per heavy atom. The molecule has 0 saturated heterocycles. The van der Waals surface area contributed by atoms with E-state index in [0.29, 0.717) is 0 Å². The highest BCUT2D eigenvalue weighted by molar-refractivity contribution is 5.87. The van der Waals surface area contributed by atoms with Gasteiger partial charge in [0, 0.05) is 35.2 Å². The first-order valence-corrected chi connectivity index (χ1v) is 8.59. The standard InChI is InChI=1S/C22H19N3O/c26-15-20(19-14-24-21-9-5-4-8-18(19)21)22(16-6-2-1-3-7-16)25-17-10-12-23-13-11-17/h1-15,20,22,24H,(H,23,25). The van der Waals surface area contributed by atoms with Crippen LogP contribution in [0.15, 0.2) is 85.3 Å². The number of nitrogens with zero attached hydrogens (tertiary/aromatic N) is 1. The van der Waals surface area contributed by atoms with Crippen LogP contribution in [0.3, 0.4) is 0 Å². The van der Waals surface area contributed by atoms with Crippen LogP contribution in [0, 0.1) is 0 Å². The van der Waals surface area contributed by atoms with Gasteiger partial charge >= 0.3 is 0 Å². The van der Waals surface area contributed by atoms with E-state index in [9.17, 15) is 4.79 Å². The van der Waals surface area contributed by atoms with E-state index in [1.807, 2.05) is 72.9 Å². The maximum absolute atomic E-state index is 12.2. The minimum Gasteiger partial charge on any atom is -0.377 e. The van der Waals surface area contributed by atoms with Crippen molar-refractivity contribution < 1.29 is 4.79 Å².